The van der Waals surface area contributed by atoms with Gasteiger partial charge in [-0.25, -0.2) is 4.79 Å². The van der Waals surface area contributed by atoms with Gasteiger partial charge in [-0.1, -0.05) is 25.6 Å². The molecule has 0 radical (unpaired) electrons. The van der Waals surface area contributed by atoms with E-state index in [1.807, 2.05) is 32.3 Å². The van der Waals surface area contributed by atoms with Gasteiger partial charge >= 0.3 is 5.69 Å². The Balaban J connectivity index is 2.38. The number of anilines is 1. The quantitative estimate of drug-likeness (QED) is 0.554. The molecule has 0 fully saturated rings. The molecule has 9 nitrogen and oxygen atoms in total. The molecule has 2 N–H and O–H groups in total. The van der Waals surface area contributed by atoms with Crippen LogP contribution >= 0.6 is 11.8 Å². The molecular weight excluding hydrogens is 356 g/mol. The maximum Gasteiger partial charge on any atom is 0.332 e. The lowest BCUT2D eigenvalue weighted by atomic mass is 10.2. The van der Waals surface area contributed by atoms with Crippen molar-refractivity contribution >= 4 is 23.4 Å². The molecule has 0 spiro atoms. The van der Waals surface area contributed by atoms with E-state index in [0.29, 0.717) is 18.2 Å². The number of hydrogen-bond acceptors (Lipinski definition) is 7. The Kier molecular flexibility index (Phi) is 6.06. The highest BCUT2D eigenvalue weighted by Crippen LogP contribution is 2.19. The second kappa shape index (κ2) is 7.90. The van der Waals surface area contributed by atoms with Crippen molar-refractivity contribution in [1.29, 1.82) is 0 Å². The molecule has 0 aliphatic heterocycles. The van der Waals surface area contributed by atoms with Gasteiger partial charge in [0.1, 0.15) is 17.2 Å². The Bertz CT molecular complexity index is 941. The number of Topliss-reactive ketones (excluding diaryl/α,β-unsaturated/α-hetero) is 1. The summed E-state index contributed by atoms with van der Waals surface area (Å²) in [6.45, 7) is 8.65. The Morgan fingerprint density at radius 2 is 1.88 bits per heavy atom. The van der Waals surface area contributed by atoms with E-state index in [1.165, 1.54) is 23.4 Å². The van der Waals surface area contributed by atoms with Crippen molar-refractivity contribution < 1.29 is 4.79 Å². The summed E-state index contributed by atoms with van der Waals surface area (Å²) >= 11 is 1.19. The van der Waals surface area contributed by atoms with Crippen molar-refractivity contribution in [2.75, 3.05) is 11.5 Å². The van der Waals surface area contributed by atoms with E-state index >= 15 is 0 Å². The normalized spacial score (nSPS) is 11.3. The second-order valence-corrected chi connectivity index (χ2v) is 7.34. The molecule has 0 aliphatic carbocycles. The molecule has 0 bridgehead atoms. The highest BCUT2D eigenvalue weighted by molar-refractivity contribution is 7.99. The molecule has 142 valence electrons. The summed E-state index contributed by atoms with van der Waals surface area (Å²) in [5.74, 6) is 0.357. The van der Waals surface area contributed by atoms with E-state index in [2.05, 4.69) is 10.2 Å². The van der Waals surface area contributed by atoms with Gasteiger partial charge < -0.3 is 10.3 Å². The number of rotatable bonds is 7. The minimum atomic E-state index is -0.675. The summed E-state index contributed by atoms with van der Waals surface area (Å²) < 4.78 is 4.08. The van der Waals surface area contributed by atoms with E-state index in [4.69, 9.17) is 5.73 Å². The highest BCUT2D eigenvalue weighted by Gasteiger charge is 2.22. The van der Waals surface area contributed by atoms with Gasteiger partial charge in [0.05, 0.1) is 5.75 Å². The van der Waals surface area contributed by atoms with Gasteiger partial charge in [0.2, 0.25) is 0 Å². The average molecular weight is 380 g/mol. The van der Waals surface area contributed by atoms with Crippen molar-refractivity contribution in [1.82, 2.24) is 23.9 Å². The Morgan fingerprint density at radius 1 is 1.23 bits per heavy atom. The lowest BCUT2D eigenvalue weighted by Gasteiger charge is -2.16. The van der Waals surface area contributed by atoms with E-state index in [1.54, 1.807) is 0 Å². The van der Waals surface area contributed by atoms with Gasteiger partial charge in [-0.2, -0.15) is 0 Å². The van der Waals surface area contributed by atoms with Crippen LogP contribution in [0.3, 0.4) is 0 Å². The zero-order valence-electron chi connectivity index (χ0n) is 15.6. The first kappa shape index (κ1) is 20.0. The molecule has 0 aromatic carbocycles. The van der Waals surface area contributed by atoms with Crippen molar-refractivity contribution in [3.63, 3.8) is 0 Å². The number of aromatic nitrogens is 5. The summed E-state index contributed by atoms with van der Waals surface area (Å²) in [6.07, 6.45) is 0. The Hall–Kier alpha value is -2.36. The number of ketones is 1. The fourth-order valence-corrected chi connectivity index (χ4v) is 3.54. The average Bonchev–Trinajstić information content (AvgIpc) is 2.94. The topological polar surface area (TPSA) is 118 Å². The van der Waals surface area contributed by atoms with Crippen molar-refractivity contribution in [3.05, 3.63) is 32.2 Å². The Labute approximate surface area is 155 Å². The fraction of sp³-hybridized carbons (Fsp3) is 0.562. The SMILES string of the molecule is CCn1c(C)nnc1SCC(=O)c1c(N)n(CC(C)C)c(=O)n(C)c1=O. The number of nitrogens with zero attached hydrogens (tertiary/aromatic N) is 5. The highest BCUT2D eigenvalue weighted by atomic mass is 32.2. The van der Waals surface area contributed by atoms with Gasteiger partial charge in [0.15, 0.2) is 10.9 Å². The van der Waals surface area contributed by atoms with Gasteiger partial charge in [-0.05, 0) is 19.8 Å². The molecule has 2 heterocycles. The predicted molar refractivity (Wildman–Crippen MR) is 101 cm³/mol. The maximum atomic E-state index is 12.7. The molecule has 10 heteroatoms. The number of nitrogen functional groups attached to an aromatic ring is 1. The molecule has 0 unspecified atom stereocenters. The predicted octanol–water partition coefficient (Wildman–Crippen LogP) is 0.680. The molecule has 26 heavy (non-hydrogen) atoms. The third-order valence-corrected chi connectivity index (χ3v) is 4.93. The van der Waals surface area contributed by atoms with Gasteiger partial charge in [-0.3, -0.25) is 18.7 Å². The van der Waals surface area contributed by atoms with Crippen molar-refractivity contribution in [2.45, 2.75) is 45.9 Å². The van der Waals surface area contributed by atoms with E-state index in [9.17, 15) is 14.4 Å². The number of nitrogens with two attached hydrogens (primary N) is 1. The lowest BCUT2D eigenvalue weighted by molar-refractivity contribution is 0.102. The third kappa shape index (κ3) is 3.74. The summed E-state index contributed by atoms with van der Waals surface area (Å²) in [7, 11) is 1.35. The molecule has 0 amide bonds. The number of thioether (sulfide) groups is 1. The van der Waals surface area contributed by atoms with Crippen LogP contribution in [0.15, 0.2) is 14.7 Å². The van der Waals surface area contributed by atoms with Crippen LogP contribution in [0.4, 0.5) is 5.82 Å². The first-order valence-electron chi connectivity index (χ1n) is 8.34. The monoisotopic (exact) mass is 380 g/mol. The molecular formula is C16H24N6O3S. The maximum absolute atomic E-state index is 12.7. The van der Waals surface area contributed by atoms with E-state index < -0.39 is 17.0 Å². The number of carbonyl (C=O) groups excluding carboxylic acids is 1. The van der Waals surface area contributed by atoms with Gasteiger partial charge in [-0.15, -0.1) is 10.2 Å². The molecule has 2 aromatic rings. The number of aryl methyl sites for hydroxylation is 1. The second-order valence-electron chi connectivity index (χ2n) is 6.40. The molecule has 0 saturated carbocycles. The van der Waals surface area contributed by atoms with Crippen LogP contribution in [-0.2, 0) is 20.1 Å². The van der Waals surface area contributed by atoms with Gasteiger partial charge in [0, 0.05) is 20.1 Å². The summed E-state index contributed by atoms with van der Waals surface area (Å²) in [6, 6.07) is 0. The fourth-order valence-electron chi connectivity index (χ4n) is 2.62. The number of hydrogen-bond donors (Lipinski definition) is 1. The largest absolute Gasteiger partial charge is 0.384 e. The Morgan fingerprint density at radius 3 is 2.46 bits per heavy atom. The molecule has 0 atom stereocenters. The van der Waals surface area contributed by atoms with Crippen molar-refractivity contribution in [3.8, 4) is 0 Å². The molecule has 2 aromatic heterocycles. The standard InChI is InChI=1S/C16H24N6O3S/c1-6-21-10(4)18-19-15(21)26-8-11(23)12-13(17)22(7-9(2)3)16(25)20(5)14(12)24/h9H,6-8,17H2,1-5H3. The third-order valence-electron chi connectivity index (χ3n) is 3.96. The van der Waals surface area contributed by atoms with E-state index in [-0.39, 0.29) is 23.1 Å². The smallest absolute Gasteiger partial charge is 0.332 e. The minimum absolute atomic E-state index is 0.0164. The first-order valence-corrected chi connectivity index (χ1v) is 9.32. The lowest BCUT2D eigenvalue weighted by Crippen LogP contribution is -2.43. The van der Waals surface area contributed by atoms with E-state index in [0.717, 1.165) is 10.4 Å². The van der Waals surface area contributed by atoms with Crippen LogP contribution in [0.5, 0.6) is 0 Å². The van der Waals surface area contributed by atoms with Crippen LogP contribution in [-0.4, -0.2) is 35.4 Å². The van der Waals surface area contributed by atoms with Crippen LogP contribution in [0.1, 0.15) is 37.0 Å². The van der Waals surface area contributed by atoms with Gasteiger partial charge in [0.25, 0.3) is 5.56 Å². The summed E-state index contributed by atoms with van der Waals surface area (Å²) in [4.78, 5) is 37.4. The minimum Gasteiger partial charge on any atom is -0.384 e. The zero-order chi connectivity index (χ0) is 19.6. The first-order chi connectivity index (χ1) is 12.2. The van der Waals surface area contributed by atoms with Crippen LogP contribution in [0, 0.1) is 12.8 Å². The zero-order valence-corrected chi connectivity index (χ0v) is 16.5. The summed E-state index contributed by atoms with van der Waals surface area (Å²) in [5, 5.41) is 8.63. The summed E-state index contributed by atoms with van der Waals surface area (Å²) in [5.41, 5.74) is 4.67. The van der Waals surface area contributed by atoms with Crippen LogP contribution < -0.4 is 17.0 Å². The van der Waals surface area contributed by atoms with Crippen LogP contribution in [0.25, 0.3) is 0 Å². The van der Waals surface area contributed by atoms with Crippen molar-refractivity contribution in [2.24, 2.45) is 13.0 Å². The molecule has 2 rings (SSSR count). The van der Waals surface area contributed by atoms with Crippen LogP contribution in [0.2, 0.25) is 0 Å². The number of carbonyl (C=O) groups is 1. The molecule has 0 aliphatic rings. The molecule has 0 saturated heterocycles.